The van der Waals surface area contributed by atoms with Gasteiger partial charge in [-0.25, -0.2) is 18.2 Å². The van der Waals surface area contributed by atoms with Crippen LogP contribution in [0.4, 0.5) is 11.5 Å². The smallest absolute Gasteiger partial charge is 0.211 e. The number of hydrogen-bond acceptors (Lipinski definition) is 6. The van der Waals surface area contributed by atoms with Gasteiger partial charge in [-0.05, 0) is 37.6 Å². The van der Waals surface area contributed by atoms with E-state index < -0.39 is 10.0 Å². The predicted octanol–water partition coefficient (Wildman–Crippen LogP) is 5.38. The SMILES string of the molecule is [C-]#[N+]c1ccc(-c2cccc3c(OC)c(-c4ccc(N5C[C@@H](C)N(S(C)(=O)=O)[C@@H](C)C5)nc4)cnc23)cc1. The zero-order valence-corrected chi connectivity index (χ0v) is 22.6. The highest BCUT2D eigenvalue weighted by atomic mass is 32.2. The van der Waals surface area contributed by atoms with Gasteiger partial charge in [0, 0.05) is 59.6 Å². The molecular weight excluding hydrogens is 498 g/mol. The fourth-order valence-electron chi connectivity index (χ4n) is 5.45. The van der Waals surface area contributed by atoms with Gasteiger partial charge in [0.15, 0.2) is 5.69 Å². The number of rotatable bonds is 5. The third-order valence-electron chi connectivity index (χ3n) is 6.96. The predicted molar refractivity (Wildman–Crippen MR) is 151 cm³/mol. The number of fused-ring (bicyclic) bond motifs is 1. The fourth-order valence-corrected chi connectivity index (χ4v) is 6.89. The molecule has 4 aromatic rings. The second-order valence-electron chi connectivity index (χ2n) is 9.67. The second kappa shape index (κ2) is 10.0. The number of para-hydroxylation sites is 1. The summed E-state index contributed by atoms with van der Waals surface area (Å²) in [6.45, 7) is 12.2. The molecule has 1 saturated heterocycles. The van der Waals surface area contributed by atoms with E-state index in [0.29, 0.717) is 24.5 Å². The number of hydrogen-bond donors (Lipinski definition) is 0. The van der Waals surface area contributed by atoms with Crippen molar-refractivity contribution >= 4 is 32.4 Å². The third-order valence-corrected chi connectivity index (χ3v) is 8.45. The Kier molecular flexibility index (Phi) is 6.78. The maximum Gasteiger partial charge on any atom is 0.211 e. The molecule has 0 bridgehead atoms. The van der Waals surface area contributed by atoms with Crippen LogP contribution < -0.4 is 9.64 Å². The van der Waals surface area contributed by atoms with E-state index in [4.69, 9.17) is 21.3 Å². The fraction of sp³-hybridized carbons (Fsp3) is 0.276. The molecule has 3 heterocycles. The van der Waals surface area contributed by atoms with Crippen LogP contribution in [0.25, 0.3) is 38.0 Å². The van der Waals surface area contributed by atoms with Crippen LogP contribution in [0.3, 0.4) is 0 Å². The van der Waals surface area contributed by atoms with Crippen molar-refractivity contribution in [3.8, 4) is 28.0 Å². The van der Waals surface area contributed by atoms with Crippen molar-refractivity contribution in [3.63, 3.8) is 0 Å². The van der Waals surface area contributed by atoms with E-state index >= 15 is 0 Å². The van der Waals surface area contributed by atoms with Crippen molar-refractivity contribution in [1.29, 1.82) is 0 Å². The summed E-state index contributed by atoms with van der Waals surface area (Å²) in [4.78, 5) is 15.1. The number of nitrogens with zero attached hydrogens (tertiary/aromatic N) is 5. The van der Waals surface area contributed by atoms with Crippen LogP contribution in [0.1, 0.15) is 13.8 Å². The summed E-state index contributed by atoms with van der Waals surface area (Å²) < 4.78 is 31.9. The van der Waals surface area contributed by atoms with E-state index in [1.807, 2.05) is 80.8 Å². The molecule has 1 aliphatic heterocycles. The van der Waals surface area contributed by atoms with E-state index in [0.717, 1.165) is 39.0 Å². The van der Waals surface area contributed by atoms with Crippen LogP contribution in [0, 0.1) is 6.57 Å². The molecular formula is C29H29N5O3S. The van der Waals surface area contributed by atoms with E-state index in [-0.39, 0.29) is 12.1 Å². The molecule has 38 heavy (non-hydrogen) atoms. The molecule has 8 nitrogen and oxygen atoms in total. The third kappa shape index (κ3) is 4.69. The summed E-state index contributed by atoms with van der Waals surface area (Å²) in [6, 6.07) is 17.1. The van der Waals surface area contributed by atoms with Crippen molar-refractivity contribution < 1.29 is 13.2 Å². The molecule has 2 atom stereocenters. The van der Waals surface area contributed by atoms with Gasteiger partial charge in [0.05, 0.1) is 25.5 Å². The summed E-state index contributed by atoms with van der Waals surface area (Å²) in [6.07, 6.45) is 4.89. The number of benzene rings is 2. The number of aromatic nitrogens is 2. The number of piperazine rings is 1. The van der Waals surface area contributed by atoms with Crippen LogP contribution in [-0.4, -0.2) is 61.2 Å². The van der Waals surface area contributed by atoms with Gasteiger partial charge in [-0.15, -0.1) is 0 Å². The number of methoxy groups -OCH3 is 1. The zero-order chi connectivity index (χ0) is 27.0. The van der Waals surface area contributed by atoms with Crippen LogP contribution in [-0.2, 0) is 10.0 Å². The second-order valence-corrected chi connectivity index (χ2v) is 11.6. The molecule has 9 heteroatoms. The quantitative estimate of drug-likeness (QED) is 0.324. The van der Waals surface area contributed by atoms with Gasteiger partial charge in [-0.1, -0.05) is 36.4 Å². The molecule has 0 aliphatic carbocycles. The minimum absolute atomic E-state index is 0.147. The van der Waals surface area contributed by atoms with E-state index in [1.54, 1.807) is 11.4 Å². The highest BCUT2D eigenvalue weighted by Gasteiger charge is 2.35. The van der Waals surface area contributed by atoms with Gasteiger partial charge in [0.1, 0.15) is 11.6 Å². The molecule has 5 rings (SSSR count). The number of pyridine rings is 2. The number of sulfonamides is 1. The molecule has 194 valence electrons. The first-order valence-corrected chi connectivity index (χ1v) is 14.2. The van der Waals surface area contributed by atoms with Gasteiger partial charge in [-0.2, -0.15) is 4.31 Å². The Bertz CT molecular complexity index is 1620. The normalized spacial score (nSPS) is 18.3. The van der Waals surface area contributed by atoms with Gasteiger partial charge in [-0.3, -0.25) is 4.98 Å². The van der Waals surface area contributed by atoms with Crippen molar-refractivity contribution in [3.05, 3.63) is 78.4 Å². The molecule has 0 unspecified atom stereocenters. The Morgan fingerprint density at radius 3 is 2.18 bits per heavy atom. The molecule has 0 saturated carbocycles. The molecule has 0 radical (unpaired) electrons. The average Bonchev–Trinajstić information content (AvgIpc) is 2.91. The topological polar surface area (TPSA) is 80.0 Å². The Morgan fingerprint density at radius 2 is 1.61 bits per heavy atom. The Hall–Kier alpha value is -4.00. The summed E-state index contributed by atoms with van der Waals surface area (Å²) in [5, 5.41) is 0.889. The molecule has 0 N–H and O–H groups in total. The number of anilines is 1. The summed E-state index contributed by atoms with van der Waals surface area (Å²) >= 11 is 0. The van der Waals surface area contributed by atoms with Gasteiger partial charge >= 0.3 is 0 Å². The minimum atomic E-state index is -3.27. The van der Waals surface area contributed by atoms with Crippen molar-refractivity contribution in [2.24, 2.45) is 0 Å². The van der Waals surface area contributed by atoms with E-state index in [9.17, 15) is 8.42 Å². The largest absolute Gasteiger partial charge is 0.495 e. The highest BCUT2D eigenvalue weighted by Crippen LogP contribution is 2.39. The van der Waals surface area contributed by atoms with Gasteiger partial charge in [0.25, 0.3) is 0 Å². The molecule has 2 aromatic carbocycles. The lowest BCUT2D eigenvalue weighted by Crippen LogP contribution is -2.58. The molecule has 0 amide bonds. The van der Waals surface area contributed by atoms with Crippen LogP contribution >= 0.6 is 0 Å². The minimum Gasteiger partial charge on any atom is -0.495 e. The van der Waals surface area contributed by atoms with Gasteiger partial charge < -0.3 is 9.64 Å². The van der Waals surface area contributed by atoms with Gasteiger partial charge in [0.2, 0.25) is 10.0 Å². The Labute approximate surface area is 223 Å². The lowest BCUT2D eigenvalue weighted by Gasteiger charge is -2.43. The summed E-state index contributed by atoms with van der Waals surface area (Å²) in [7, 11) is -1.61. The first-order valence-electron chi connectivity index (χ1n) is 12.3. The lowest BCUT2D eigenvalue weighted by atomic mass is 9.99. The average molecular weight is 528 g/mol. The molecule has 2 aromatic heterocycles. The van der Waals surface area contributed by atoms with Crippen LogP contribution in [0.5, 0.6) is 5.75 Å². The van der Waals surface area contributed by atoms with Crippen molar-refractivity contribution in [2.45, 2.75) is 25.9 Å². The standard InChI is InChI=1S/C29H29N5O3S/c1-19-17-33(18-20(2)34(19)38(5,35)36)27-14-11-22(15-31-27)26-16-32-28-24(7-6-8-25(28)29(26)37-4)21-9-12-23(30-3)13-10-21/h6-16,19-20H,17-18H2,1-2,4-5H3/t19-,20+. The molecule has 1 fully saturated rings. The number of ether oxygens (including phenoxy) is 1. The monoisotopic (exact) mass is 527 g/mol. The summed E-state index contributed by atoms with van der Waals surface area (Å²) in [5.74, 6) is 1.52. The first-order chi connectivity index (χ1) is 18.2. The first kappa shape index (κ1) is 25.6. The highest BCUT2D eigenvalue weighted by molar-refractivity contribution is 7.88. The van der Waals surface area contributed by atoms with Crippen LogP contribution in [0.2, 0.25) is 0 Å². The summed E-state index contributed by atoms with van der Waals surface area (Å²) in [5.41, 5.74) is 5.08. The lowest BCUT2D eigenvalue weighted by molar-refractivity contribution is 0.242. The maximum atomic E-state index is 12.2. The van der Waals surface area contributed by atoms with Crippen molar-refractivity contribution in [1.82, 2.24) is 14.3 Å². The Morgan fingerprint density at radius 1 is 0.921 bits per heavy atom. The zero-order valence-electron chi connectivity index (χ0n) is 21.8. The van der Waals surface area contributed by atoms with Crippen molar-refractivity contribution in [2.75, 3.05) is 31.4 Å². The van der Waals surface area contributed by atoms with E-state index in [2.05, 4.69) is 9.74 Å². The van der Waals surface area contributed by atoms with Crippen LogP contribution in [0.15, 0.2) is 67.0 Å². The van der Waals surface area contributed by atoms with E-state index in [1.165, 1.54) is 6.26 Å². The maximum absolute atomic E-state index is 12.2. The Balaban J connectivity index is 1.47. The molecule has 0 spiro atoms. The molecule has 1 aliphatic rings.